The third-order valence-electron chi connectivity index (χ3n) is 5.91. The van der Waals surface area contributed by atoms with Crippen molar-refractivity contribution in [2.45, 2.75) is 54.0 Å². The van der Waals surface area contributed by atoms with E-state index in [0.29, 0.717) is 17.3 Å². The van der Waals surface area contributed by atoms with Crippen LogP contribution in [0.5, 0.6) is 0 Å². The van der Waals surface area contributed by atoms with Crippen molar-refractivity contribution in [3.05, 3.63) is 46.8 Å². The standard InChI is InChI=1S/C26H35N5O4/c1-6-23(33)35-31-12-11-30(15-22(31)32)26(34)29-25-18(5)28-21(13-16(2)3)20(14-27)24(25)19-9-7-17(4)8-10-19/h7-10,16H,6,11-15,27H2,1-5H3,(H,29,34). The lowest BCUT2D eigenvalue weighted by atomic mass is 9.92. The maximum Gasteiger partial charge on any atom is 0.332 e. The number of nitrogens with two attached hydrogens (primary N) is 1. The Hall–Kier alpha value is -3.46. The van der Waals surface area contributed by atoms with Crippen molar-refractivity contribution in [2.24, 2.45) is 11.7 Å². The summed E-state index contributed by atoms with van der Waals surface area (Å²) < 4.78 is 0. The molecule has 0 bridgehead atoms. The number of piperazine rings is 1. The summed E-state index contributed by atoms with van der Waals surface area (Å²) in [4.78, 5) is 48.5. The molecule has 1 saturated heterocycles. The Morgan fingerprint density at radius 2 is 1.86 bits per heavy atom. The number of anilines is 1. The summed E-state index contributed by atoms with van der Waals surface area (Å²) in [5.74, 6) is -0.546. The first-order valence-corrected chi connectivity index (χ1v) is 12.0. The lowest BCUT2D eigenvalue weighted by Crippen LogP contribution is -2.53. The Kier molecular flexibility index (Phi) is 8.45. The summed E-state index contributed by atoms with van der Waals surface area (Å²) in [5.41, 5.74) is 12.2. The minimum Gasteiger partial charge on any atom is -0.338 e. The van der Waals surface area contributed by atoms with E-state index in [1.54, 1.807) is 6.92 Å². The third kappa shape index (κ3) is 6.16. The zero-order valence-corrected chi connectivity index (χ0v) is 21.2. The van der Waals surface area contributed by atoms with Gasteiger partial charge in [-0.05, 0) is 37.3 Å². The Bertz CT molecular complexity index is 1100. The average Bonchev–Trinajstić information content (AvgIpc) is 2.81. The van der Waals surface area contributed by atoms with Gasteiger partial charge in [0.1, 0.15) is 6.54 Å². The number of carbonyl (C=O) groups excluding carboxylic acids is 3. The molecule has 188 valence electrons. The van der Waals surface area contributed by atoms with Crippen LogP contribution in [0.1, 0.15) is 49.7 Å². The van der Waals surface area contributed by atoms with Gasteiger partial charge in [0.05, 0.1) is 17.9 Å². The molecule has 1 aromatic carbocycles. The number of urea groups is 1. The summed E-state index contributed by atoms with van der Waals surface area (Å²) in [7, 11) is 0. The minimum absolute atomic E-state index is 0.113. The summed E-state index contributed by atoms with van der Waals surface area (Å²) in [6, 6.07) is 7.66. The van der Waals surface area contributed by atoms with Gasteiger partial charge < -0.3 is 20.8 Å². The molecule has 3 rings (SSSR count). The quantitative estimate of drug-likeness (QED) is 0.624. The van der Waals surface area contributed by atoms with Gasteiger partial charge in [0, 0.05) is 30.8 Å². The van der Waals surface area contributed by atoms with Crippen molar-refractivity contribution >= 4 is 23.6 Å². The molecule has 0 saturated carbocycles. The maximum atomic E-state index is 13.2. The SMILES string of the molecule is CCC(=O)ON1CCN(C(=O)Nc2c(C)nc(CC(C)C)c(CN)c2-c2ccc(C)cc2)CC1=O. The number of aromatic nitrogens is 1. The molecule has 3 N–H and O–H groups in total. The highest BCUT2D eigenvalue weighted by atomic mass is 16.7. The molecule has 0 unspecified atom stereocenters. The molecular weight excluding hydrogens is 446 g/mol. The van der Waals surface area contributed by atoms with E-state index in [1.807, 2.05) is 38.1 Å². The summed E-state index contributed by atoms with van der Waals surface area (Å²) in [6.45, 7) is 10.2. The molecule has 1 aliphatic rings. The fourth-order valence-corrected chi connectivity index (χ4v) is 4.07. The van der Waals surface area contributed by atoms with Crippen molar-refractivity contribution in [1.82, 2.24) is 14.9 Å². The molecule has 9 heteroatoms. The van der Waals surface area contributed by atoms with Crippen LogP contribution in [0.15, 0.2) is 24.3 Å². The van der Waals surface area contributed by atoms with Crippen molar-refractivity contribution in [1.29, 1.82) is 0 Å². The van der Waals surface area contributed by atoms with Gasteiger partial charge in [-0.25, -0.2) is 9.59 Å². The second kappa shape index (κ2) is 11.3. The molecule has 2 heterocycles. The average molecular weight is 482 g/mol. The Balaban J connectivity index is 1.94. The smallest absolute Gasteiger partial charge is 0.332 e. The number of hydrogen-bond donors (Lipinski definition) is 2. The first-order valence-electron chi connectivity index (χ1n) is 12.0. The Labute approximate surface area is 206 Å². The lowest BCUT2D eigenvalue weighted by molar-refractivity contribution is -0.202. The summed E-state index contributed by atoms with van der Waals surface area (Å²) in [5, 5.41) is 4.02. The van der Waals surface area contributed by atoms with Crippen LogP contribution in [0.25, 0.3) is 11.1 Å². The first-order chi connectivity index (χ1) is 16.6. The minimum atomic E-state index is -0.489. The van der Waals surface area contributed by atoms with Crippen LogP contribution in [0.2, 0.25) is 0 Å². The molecule has 3 amide bonds. The van der Waals surface area contributed by atoms with E-state index in [4.69, 9.17) is 15.6 Å². The van der Waals surface area contributed by atoms with Gasteiger partial charge in [-0.15, -0.1) is 0 Å². The van der Waals surface area contributed by atoms with Crippen molar-refractivity contribution in [2.75, 3.05) is 25.0 Å². The van der Waals surface area contributed by atoms with E-state index in [-0.39, 0.29) is 32.6 Å². The number of hydrogen-bond acceptors (Lipinski definition) is 6. The molecule has 0 radical (unpaired) electrons. The van der Waals surface area contributed by atoms with Crippen LogP contribution in [-0.4, -0.2) is 52.5 Å². The molecule has 9 nitrogen and oxygen atoms in total. The van der Waals surface area contributed by atoms with Crippen molar-refractivity contribution in [3.63, 3.8) is 0 Å². The van der Waals surface area contributed by atoms with Crippen LogP contribution < -0.4 is 11.1 Å². The molecule has 0 atom stereocenters. The van der Waals surface area contributed by atoms with E-state index < -0.39 is 17.9 Å². The number of aryl methyl sites for hydroxylation is 2. The third-order valence-corrected chi connectivity index (χ3v) is 5.91. The largest absolute Gasteiger partial charge is 0.338 e. The molecule has 2 aromatic rings. The highest BCUT2D eigenvalue weighted by Gasteiger charge is 2.30. The van der Waals surface area contributed by atoms with E-state index in [0.717, 1.165) is 39.4 Å². The predicted octanol–water partition coefficient (Wildman–Crippen LogP) is 3.57. The molecule has 0 aliphatic carbocycles. The van der Waals surface area contributed by atoms with Gasteiger partial charge in [0.2, 0.25) is 0 Å². The van der Waals surface area contributed by atoms with Gasteiger partial charge in [0.15, 0.2) is 0 Å². The zero-order chi connectivity index (χ0) is 25.7. The second-order valence-corrected chi connectivity index (χ2v) is 9.20. The molecule has 35 heavy (non-hydrogen) atoms. The van der Waals surface area contributed by atoms with Gasteiger partial charge in [-0.1, -0.05) is 50.6 Å². The van der Waals surface area contributed by atoms with Crippen LogP contribution in [-0.2, 0) is 27.4 Å². The predicted molar refractivity (Wildman–Crippen MR) is 134 cm³/mol. The van der Waals surface area contributed by atoms with Gasteiger partial charge >= 0.3 is 12.0 Å². The number of nitrogens with zero attached hydrogens (tertiary/aromatic N) is 3. The Morgan fingerprint density at radius 3 is 2.43 bits per heavy atom. The lowest BCUT2D eigenvalue weighted by Gasteiger charge is -2.33. The number of nitrogens with one attached hydrogen (secondary N) is 1. The van der Waals surface area contributed by atoms with E-state index in [1.165, 1.54) is 4.90 Å². The van der Waals surface area contributed by atoms with Gasteiger partial charge in [0.25, 0.3) is 5.91 Å². The first kappa shape index (κ1) is 26.2. The molecule has 0 spiro atoms. The van der Waals surface area contributed by atoms with Gasteiger partial charge in [-0.3, -0.25) is 9.78 Å². The molecule has 1 aliphatic heterocycles. The van der Waals surface area contributed by atoms with Crippen LogP contribution in [0.4, 0.5) is 10.5 Å². The highest BCUT2D eigenvalue weighted by molar-refractivity contribution is 5.98. The summed E-state index contributed by atoms with van der Waals surface area (Å²) in [6.07, 6.45) is 0.936. The van der Waals surface area contributed by atoms with E-state index >= 15 is 0 Å². The maximum absolute atomic E-state index is 13.2. The highest BCUT2D eigenvalue weighted by Crippen LogP contribution is 2.36. The number of pyridine rings is 1. The number of carbonyl (C=O) groups is 3. The molecule has 1 aromatic heterocycles. The number of hydroxylamine groups is 2. The fourth-order valence-electron chi connectivity index (χ4n) is 4.07. The van der Waals surface area contributed by atoms with Crippen LogP contribution in [0, 0.1) is 19.8 Å². The van der Waals surface area contributed by atoms with Crippen molar-refractivity contribution < 1.29 is 19.2 Å². The van der Waals surface area contributed by atoms with Crippen LogP contribution >= 0.6 is 0 Å². The van der Waals surface area contributed by atoms with Crippen molar-refractivity contribution in [3.8, 4) is 11.1 Å². The number of benzene rings is 1. The van der Waals surface area contributed by atoms with E-state index in [2.05, 4.69) is 19.2 Å². The second-order valence-electron chi connectivity index (χ2n) is 9.20. The normalized spacial score (nSPS) is 13.9. The number of amides is 3. The molecule has 1 fully saturated rings. The topological polar surface area (TPSA) is 118 Å². The zero-order valence-electron chi connectivity index (χ0n) is 21.2. The Morgan fingerprint density at radius 1 is 1.17 bits per heavy atom. The van der Waals surface area contributed by atoms with E-state index in [9.17, 15) is 14.4 Å². The monoisotopic (exact) mass is 481 g/mol. The van der Waals surface area contributed by atoms with Gasteiger partial charge in [-0.2, -0.15) is 5.06 Å². The molecular formula is C26H35N5O4. The van der Waals surface area contributed by atoms with Crippen LogP contribution in [0.3, 0.4) is 0 Å². The fraction of sp³-hybridized carbons (Fsp3) is 0.462. The number of rotatable bonds is 7. The summed E-state index contributed by atoms with van der Waals surface area (Å²) >= 11 is 0.